The molecule has 0 saturated heterocycles. The normalized spacial score (nSPS) is 13.9. The van der Waals surface area contributed by atoms with Crippen LogP contribution in [0.1, 0.15) is 16.8 Å². The fourth-order valence-electron chi connectivity index (χ4n) is 3.79. The van der Waals surface area contributed by atoms with Crippen LogP contribution in [0.3, 0.4) is 0 Å². The Bertz CT molecular complexity index is 1120. The summed E-state index contributed by atoms with van der Waals surface area (Å²) in [6.45, 7) is 2.57. The number of nitrogens with zero attached hydrogens (tertiary/aromatic N) is 4. The Morgan fingerprint density at radius 1 is 0.966 bits per heavy atom. The number of phenols is 1. The monoisotopic (exact) mass is 383 g/mol. The maximum Gasteiger partial charge on any atom is 0.159 e. The molecular weight excluding hydrogens is 362 g/mol. The summed E-state index contributed by atoms with van der Waals surface area (Å²) >= 11 is 0. The second-order valence-corrected chi connectivity index (χ2v) is 7.31. The minimum Gasteiger partial charge on any atom is -0.508 e. The van der Waals surface area contributed by atoms with Crippen molar-refractivity contribution >= 4 is 0 Å². The molecular formula is C23H21N5O. The number of fused-ring (bicyclic) bond motifs is 1. The van der Waals surface area contributed by atoms with Crippen molar-refractivity contribution in [1.82, 2.24) is 25.1 Å². The highest BCUT2D eigenvalue weighted by Gasteiger charge is 2.20. The molecule has 6 nitrogen and oxygen atoms in total. The highest BCUT2D eigenvalue weighted by atomic mass is 16.3. The zero-order valence-corrected chi connectivity index (χ0v) is 15.9. The van der Waals surface area contributed by atoms with E-state index in [1.165, 1.54) is 5.56 Å². The zero-order valence-electron chi connectivity index (χ0n) is 15.9. The number of aromatic nitrogens is 4. The second kappa shape index (κ2) is 7.48. The fourth-order valence-corrected chi connectivity index (χ4v) is 3.79. The van der Waals surface area contributed by atoms with Crippen molar-refractivity contribution in [2.75, 3.05) is 6.54 Å². The van der Waals surface area contributed by atoms with E-state index in [4.69, 9.17) is 4.98 Å². The zero-order chi connectivity index (χ0) is 19.6. The van der Waals surface area contributed by atoms with Crippen LogP contribution in [0.15, 0.2) is 67.0 Å². The van der Waals surface area contributed by atoms with E-state index >= 15 is 0 Å². The average molecular weight is 383 g/mol. The van der Waals surface area contributed by atoms with E-state index in [1.807, 2.05) is 54.9 Å². The van der Waals surface area contributed by atoms with Crippen molar-refractivity contribution in [3.63, 3.8) is 0 Å². The predicted molar refractivity (Wildman–Crippen MR) is 111 cm³/mol. The number of hydrogen-bond donors (Lipinski definition) is 2. The number of H-pyrrole nitrogens is 1. The molecule has 0 amide bonds. The highest BCUT2D eigenvalue weighted by molar-refractivity contribution is 5.63. The average Bonchev–Trinajstić information content (AvgIpc) is 3.22. The molecule has 0 atom stereocenters. The molecule has 0 radical (unpaired) electrons. The number of rotatable bonds is 4. The highest BCUT2D eigenvalue weighted by Crippen LogP contribution is 2.26. The topological polar surface area (TPSA) is 77.9 Å². The van der Waals surface area contributed by atoms with Crippen LogP contribution in [0, 0.1) is 0 Å². The molecule has 29 heavy (non-hydrogen) atoms. The molecule has 0 spiro atoms. The Kier molecular flexibility index (Phi) is 4.54. The van der Waals surface area contributed by atoms with Gasteiger partial charge in [-0.15, -0.1) is 0 Å². The van der Waals surface area contributed by atoms with Gasteiger partial charge in [-0.2, -0.15) is 5.10 Å². The van der Waals surface area contributed by atoms with Gasteiger partial charge in [-0.1, -0.05) is 30.3 Å². The molecule has 6 heteroatoms. The van der Waals surface area contributed by atoms with E-state index in [2.05, 4.69) is 20.1 Å². The van der Waals surface area contributed by atoms with Crippen LogP contribution in [0.5, 0.6) is 5.75 Å². The summed E-state index contributed by atoms with van der Waals surface area (Å²) in [5.41, 5.74) is 6.53. The third kappa shape index (κ3) is 3.62. The summed E-state index contributed by atoms with van der Waals surface area (Å²) in [5.74, 6) is 1.06. The lowest BCUT2D eigenvalue weighted by Crippen LogP contribution is -2.31. The number of phenolic OH excluding ortho intramolecular Hbond substituents is 1. The van der Waals surface area contributed by atoms with E-state index in [0.717, 1.165) is 60.0 Å². The van der Waals surface area contributed by atoms with Gasteiger partial charge in [0, 0.05) is 54.5 Å². The third-order valence-corrected chi connectivity index (χ3v) is 5.31. The van der Waals surface area contributed by atoms with Gasteiger partial charge in [0.2, 0.25) is 0 Å². The molecule has 2 aromatic heterocycles. The first-order valence-electron chi connectivity index (χ1n) is 9.70. The molecule has 0 fully saturated rings. The van der Waals surface area contributed by atoms with E-state index in [-0.39, 0.29) is 5.75 Å². The molecule has 4 aromatic rings. The molecule has 1 aliphatic heterocycles. The van der Waals surface area contributed by atoms with Gasteiger partial charge in [0.1, 0.15) is 5.75 Å². The second-order valence-electron chi connectivity index (χ2n) is 7.31. The Morgan fingerprint density at radius 2 is 1.79 bits per heavy atom. The van der Waals surface area contributed by atoms with Crippen LogP contribution in [0.4, 0.5) is 0 Å². The lowest BCUT2D eigenvalue weighted by atomic mass is 10.0. The Balaban J connectivity index is 1.34. The van der Waals surface area contributed by atoms with Crippen LogP contribution in [-0.2, 0) is 19.5 Å². The first-order valence-corrected chi connectivity index (χ1v) is 9.70. The van der Waals surface area contributed by atoms with Crippen LogP contribution < -0.4 is 0 Å². The third-order valence-electron chi connectivity index (χ3n) is 5.31. The molecule has 2 aromatic carbocycles. The Labute approximate surface area is 168 Å². The number of benzene rings is 2. The number of aromatic amines is 1. The van der Waals surface area contributed by atoms with Gasteiger partial charge in [0.05, 0.1) is 17.6 Å². The standard InChI is InChI=1S/C23H21N5O/c29-20-8-6-16(7-9-20)22-19(13-25-27-22)15-28-11-10-21-18(14-28)12-24-23(26-21)17-4-2-1-3-5-17/h1-9,12-13,29H,10-11,14-15H2,(H,25,27). The number of hydrogen-bond acceptors (Lipinski definition) is 5. The summed E-state index contributed by atoms with van der Waals surface area (Å²) in [6.07, 6.45) is 4.75. The van der Waals surface area contributed by atoms with Crippen molar-refractivity contribution in [1.29, 1.82) is 0 Å². The van der Waals surface area contributed by atoms with E-state index in [1.54, 1.807) is 12.1 Å². The van der Waals surface area contributed by atoms with Crippen molar-refractivity contribution in [3.05, 3.63) is 83.8 Å². The molecule has 0 unspecified atom stereocenters. The maximum atomic E-state index is 9.52. The molecule has 0 saturated carbocycles. The van der Waals surface area contributed by atoms with Crippen LogP contribution >= 0.6 is 0 Å². The van der Waals surface area contributed by atoms with Crippen molar-refractivity contribution in [2.24, 2.45) is 0 Å². The smallest absolute Gasteiger partial charge is 0.159 e. The summed E-state index contributed by atoms with van der Waals surface area (Å²) < 4.78 is 0. The molecule has 5 rings (SSSR count). The van der Waals surface area contributed by atoms with Crippen LogP contribution in [0.2, 0.25) is 0 Å². The summed E-state index contributed by atoms with van der Waals surface area (Å²) in [5, 5.41) is 16.9. The quantitative estimate of drug-likeness (QED) is 0.560. The first-order chi connectivity index (χ1) is 14.3. The van der Waals surface area contributed by atoms with Gasteiger partial charge in [0.15, 0.2) is 5.82 Å². The van der Waals surface area contributed by atoms with Gasteiger partial charge in [0.25, 0.3) is 0 Å². The molecule has 2 N–H and O–H groups in total. The molecule has 0 aliphatic carbocycles. The minimum atomic E-state index is 0.261. The Hall–Kier alpha value is -3.51. The SMILES string of the molecule is Oc1ccc(-c2[nH]ncc2CN2CCc3nc(-c4ccccc4)ncc3C2)cc1. The number of nitrogens with one attached hydrogen (secondary N) is 1. The minimum absolute atomic E-state index is 0.261. The van der Waals surface area contributed by atoms with Gasteiger partial charge < -0.3 is 5.11 Å². The lowest BCUT2D eigenvalue weighted by molar-refractivity contribution is 0.243. The van der Waals surface area contributed by atoms with Gasteiger partial charge >= 0.3 is 0 Å². The first kappa shape index (κ1) is 17.6. The van der Waals surface area contributed by atoms with Crippen molar-refractivity contribution in [2.45, 2.75) is 19.5 Å². The van der Waals surface area contributed by atoms with Crippen molar-refractivity contribution in [3.8, 4) is 28.4 Å². The van der Waals surface area contributed by atoms with E-state index < -0.39 is 0 Å². The largest absolute Gasteiger partial charge is 0.508 e. The van der Waals surface area contributed by atoms with E-state index in [0.29, 0.717) is 0 Å². The van der Waals surface area contributed by atoms with Crippen LogP contribution in [0.25, 0.3) is 22.6 Å². The maximum absolute atomic E-state index is 9.52. The molecule has 3 heterocycles. The van der Waals surface area contributed by atoms with Gasteiger partial charge in [-0.05, 0) is 24.3 Å². The lowest BCUT2D eigenvalue weighted by Gasteiger charge is -2.28. The molecule has 0 bridgehead atoms. The summed E-state index contributed by atoms with van der Waals surface area (Å²) in [6, 6.07) is 17.3. The van der Waals surface area contributed by atoms with E-state index in [9.17, 15) is 5.11 Å². The van der Waals surface area contributed by atoms with Gasteiger partial charge in [-0.3, -0.25) is 10.00 Å². The summed E-state index contributed by atoms with van der Waals surface area (Å²) in [4.78, 5) is 11.8. The van der Waals surface area contributed by atoms with Crippen molar-refractivity contribution < 1.29 is 5.11 Å². The molecule has 1 aliphatic rings. The number of aromatic hydroxyl groups is 1. The van der Waals surface area contributed by atoms with Crippen LogP contribution in [-0.4, -0.2) is 36.7 Å². The summed E-state index contributed by atoms with van der Waals surface area (Å²) in [7, 11) is 0. The Morgan fingerprint density at radius 3 is 2.62 bits per heavy atom. The van der Waals surface area contributed by atoms with Gasteiger partial charge in [-0.25, -0.2) is 9.97 Å². The fraction of sp³-hybridized carbons (Fsp3) is 0.174. The predicted octanol–water partition coefficient (Wildman–Crippen LogP) is 3.80. The molecule has 144 valence electrons.